The number of aliphatic hydroxyl groups excluding tert-OH is 1. The average Bonchev–Trinajstić information content (AvgIpc) is 3.37. The van der Waals surface area contributed by atoms with Crippen molar-refractivity contribution in [1.29, 1.82) is 0 Å². The van der Waals surface area contributed by atoms with Gasteiger partial charge in [0.15, 0.2) is 5.65 Å². The number of amides is 2. The number of anilines is 2. The summed E-state index contributed by atoms with van der Waals surface area (Å²) in [6.45, 7) is -5.26. The minimum atomic E-state index is -2.70. The SMILES string of the molecule is [2H]C1([2H])C[C@H](O)C([2H])([2H])N1C(=O)Nc1cnn2ccc(N3CCC([2H])([2H])[C@@]3([2H])c3cc(F)ccc3F)nc12. The average molecular weight is 435 g/mol. The molecule has 31 heavy (non-hydrogen) atoms. The van der Waals surface area contributed by atoms with Crippen LogP contribution in [0.15, 0.2) is 36.7 Å². The molecule has 4 heterocycles. The fourth-order valence-electron chi connectivity index (χ4n) is 3.46. The van der Waals surface area contributed by atoms with E-state index in [4.69, 9.17) is 9.60 Å². The van der Waals surface area contributed by atoms with Gasteiger partial charge >= 0.3 is 6.03 Å². The Kier molecular flexibility index (Phi) is 3.31. The fraction of sp³-hybridized carbons (Fsp3) is 0.381. The van der Waals surface area contributed by atoms with Crippen molar-refractivity contribution >= 4 is 23.2 Å². The monoisotopic (exact) mass is 435 g/mol. The van der Waals surface area contributed by atoms with Crippen LogP contribution < -0.4 is 10.2 Å². The molecular weight excluding hydrogens is 406 g/mol. The first-order valence-corrected chi connectivity index (χ1v) is 9.46. The van der Waals surface area contributed by atoms with Crippen LogP contribution in [0.4, 0.5) is 25.1 Å². The maximum Gasteiger partial charge on any atom is 0.322 e. The van der Waals surface area contributed by atoms with Gasteiger partial charge in [-0.05, 0) is 43.5 Å². The number of halogens is 2. The second-order valence-electron chi connectivity index (χ2n) is 6.94. The number of hydrogen-bond acceptors (Lipinski definition) is 5. The van der Waals surface area contributed by atoms with Crippen LogP contribution >= 0.6 is 0 Å². The number of carbonyl (C=O) groups is 1. The van der Waals surface area contributed by atoms with Gasteiger partial charge in [0.05, 0.1) is 22.4 Å². The Labute approximate surface area is 186 Å². The first kappa shape index (κ1) is 13.2. The molecule has 0 saturated carbocycles. The highest BCUT2D eigenvalue weighted by molar-refractivity contribution is 5.93. The van der Waals surface area contributed by atoms with E-state index in [0.717, 1.165) is 18.2 Å². The number of carbonyl (C=O) groups excluding carboxylic acids is 1. The Morgan fingerprint density at radius 1 is 1.35 bits per heavy atom. The Bertz CT molecular complexity index is 1440. The van der Waals surface area contributed by atoms with Crippen LogP contribution in [0.5, 0.6) is 0 Å². The largest absolute Gasteiger partial charge is 0.391 e. The molecule has 2 atom stereocenters. The Morgan fingerprint density at radius 2 is 2.23 bits per heavy atom. The summed E-state index contributed by atoms with van der Waals surface area (Å²) >= 11 is 0. The molecule has 0 aliphatic carbocycles. The zero-order valence-electron chi connectivity index (χ0n) is 23.0. The third-order valence-electron chi connectivity index (χ3n) is 4.88. The van der Waals surface area contributed by atoms with Gasteiger partial charge in [-0.3, -0.25) is 0 Å². The number of β-amino-alcohol motifs (C(OH)–C–C–N with tert-alkyl or cyclic N) is 1. The number of rotatable bonds is 3. The molecular formula is C21H22F2N6O2. The number of hydrogen-bond donors (Lipinski definition) is 2. The van der Waals surface area contributed by atoms with Crippen molar-refractivity contribution in [1.82, 2.24) is 19.5 Å². The number of nitrogens with zero attached hydrogens (tertiary/aromatic N) is 5. The Balaban J connectivity index is 1.53. The molecule has 0 radical (unpaired) electrons. The first-order chi connectivity index (χ1) is 17.6. The third kappa shape index (κ3) is 3.67. The van der Waals surface area contributed by atoms with Gasteiger partial charge in [0.1, 0.15) is 23.1 Å². The van der Waals surface area contributed by atoms with Crippen molar-refractivity contribution in [2.24, 2.45) is 0 Å². The summed E-state index contributed by atoms with van der Waals surface area (Å²) < 4.78 is 87.7. The van der Waals surface area contributed by atoms with E-state index in [9.17, 15) is 18.7 Å². The standard InChI is InChI=1S/C21H22F2N6O2/c22-13-3-4-16(23)15(10-13)18-2-1-7-28(18)19-6-9-29-20(26-19)17(11-24-29)25-21(31)27-8-5-14(30)12-27/h3-4,6,9-11,14,18,30H,1-2,5,7-8,12H2,(H,25,31)/t14-,18-/m0/s1/i2D2,8D2,12D2,18D. The molecule has 3 aromatic rings. The van der Waals surface area contributed by atoms with Gasteiger partial charge in [-0.2, -0.15) is 5.10 Å². The molecule has 5 rings (SSSR count). The minimum Gasteiger partial charge on any atom is -0.391 e. The molecule has 0 spiro atoms. The lowest BCUT2D eigenvalue weighted by molar-refractivity contribution is 0.176. The van der Waals surface area contributed by atoms with Gasteiger partial charge in [0.25, 0.3) is 0 Å². The molecule has 2 aromatic heterocycles. The third-order valence-corrected chi connectivity index (χ3v) is 4.88. The zero-order valence-corrected chi connectivity index (χ0v) is 16.0. The molecule has 1 aromatic carbocycles. The number of aliphatic hydroxyl groups is 1. The van der Waals surface area contributed by atoms with Crippen molar-refractivity contribution in [2.45, 2.75) is 31.3 Å². The molecule has 2 N–H and O–H groups in total. The van der Waals surface area contributed by atoms with Crippen LogP contribution in [0, 0.1) is 11.6 Å². The van der Waals surface area contributed by atoms with E-state index in [-0.39, 0.29) is 35.0 Å². The topological polar surface area (TPSA) is 86.0 Å². The quantitative estimate of drug-likeness (QED) is 0.661. The fourth-order valence-corrected chi connectivity index (χ4v) is 3.46. The highest BCUT2D eigenvalue weighted by Gasteiger charge is 2.30. The van der Waals surface area contributed by atoms with Gasteiger partial charge in [-0.15, -0.1) is 0 Å². The number of fused-ring (bicyclic) bond motifs is 1. The van der Waals surface area contributed by atoms with E-state index in [0.29, 0.717) is 0 Å². The van der Waals surface area contributed by atoms with E-state index in [1.54, 1.807) is 0 Å². The van der Waals surface area contributed by atoms with Crippen LogP contribution in [-0.2, 0) is 0 Å². The van der Waals surface area contributed by atoms with Gasteiger partial charge in [-0.1, -0.05) is 0 Å². The number of likely N-dealkylation sites (tertiary alicyclic amines) is 1. The van der Waals surface area contributed by atoms with Crippen LogP contribution in [-0.4, -0.2) is 56.3 Å². The lowest BCUT2D eigenvalue weighted by Gasteiger charge is -2.26. The van der Waals surface area contributed by atoms with Gasteiger partial charge in [-0.25, -0.2) is 23.1 Å². The Hall–Kier alpha value is -3.27. The summed E-state index contributed by atoms with van der Waals surface area (Å²) in [6.07, 6.45) is -2.32. The van der Waals surface area contributed by atoms with Gasteiger partial charge in [0, 0.05) is 36.8 Å². The maximum atomic E-state index is 14.8. The second kappa shape index (κ2) is 7.77. The molecule has 10 heteroatoms. The summed E-state index contributed by atoms with van der Waals surface area (Å²) in [5.74, 6) is -1.81. The summed E-state index contributed by atoms with van der Waals surface area (Å²) in [5, 5.41) is 16.3. The van der Waals surface area contributed by atoms with E-state index in [1.807, 2.05) is 0 Å². The maximum absolute atomic E-state index is 14.8. The number of aromatic nitrogens is 3. The molecule has 2 aliphatic rings. The Morgan fingerprint density at radius 3 is 3.03 bits per heavy atom. The van der Waals surface area contributed by atoms with E-state index in [2.05, 4.69) is 15.4 Å². The normalized spacial score (nSPS) is 31.8. The highest BCUT2D eigenvalue weighted by atomic mass is 19.1. The predicted octanol–water partition coefficient (Wildman–Crippen LogP) is 2.95. The van der Waals surface area contributed by atoms with Crippen molar-refractivity contribution < 1.29 is 28.3 Å². The van der Waals surface area contributed by atoms with Crippen LogP contribution in [0.25, 0.3) is 5.65 Å². The van der Waals surface area contributed by atoms with E-state index < -0.39 is 61.1 Å². The van der Waals surface area contributed by atoms with Crippen molar-refractivity contribution in [3.05, 3.63) is 53.9 Å². The second-order valence-corrected chi connectivity index (χ2v) is 6.94. The summed E-state index contributed by atoms with van der Waals surface area (Å²) in [4.78, 5) is 18.7. The van der Waals surface area contributed by atoms with E-state index in [1.165, 1.54) is 27.9 Å². The molecule has 0 unspecified atom stereocenters. The minimum absolute atomic E-state index is 0.00390. The zero-order chi connectivity index (χ0) is 27.8. The van der Waals surface area contributed by atoms with Gasteiger partial charge in [0.2, 0.25) is 0 Å². The lowest BCUT2D eigenvalue weighted by Crippen LogP contribution is -2.33. The van der Waals surface area contributed by atoms with Crippen molar-refractivity contribution in [2.75, 3.05) is 29.8 Å². The van der Waals surface area contributed by atoms with Crippen LogP contribution in [0.2, 0.25) is 0 Å². The molecule has 2 saturated heterocycles. The summed E-state index contributed by atoms with van der Waals surface area (Å²) in [6, 6.07) is 0.253. The van der Waals surface area contributed by atoms with Gasteiger partial charge < -0.3 is 20.2 Å². The summed E-state index contributed by atoms with van der Waals surface area (Å²) in [5.41, 5.74) is -0.605. The smallest absolute Gasteiger partial charge is 0.322 e. The number of nitrogens with one attached hydrogen (secondary N) is 1. The number of urea groups is 1. The lowest BCUT2D eigenvalue weighted by atomic mass is 10.0. The number of benzene rings is 1. The molecule has 0 bridgehead atoms. The molecule has 2 aliphatic heterocycles. The van der Waals surface area contributed by atoms with E-state index >= 15 is 0 Å². The van der Waals surface area contributed by atoms with Crippen molar-refractivity contribution in [3.8, 4) is 0 Å². The molecule has 2 amide bonds. The predicted molar refractivity (Wildman–Crippen MR) is 110 cm³/mol. The first-order valence-electron chi connectivity index (χ1n) is 13.0. The highest BCUT2D eigenvalue weighted by Crippen LogP contribution is 2.37. The van der Waals surface area contributed by atoms with Crippen molar-refractivity contribution in [3.63, 3.8) is 0 Å². The molecule has 162 valence electrons. The molecule has 8 nitrogen and oxygen atoms in total. The molecule has 2 fully saturated rings. The summed E-state index contributed by atoms with van der Waals surface area (Å²) in [7, 11) is 0. The van der Waals surface area contributed by atoms with Crippen LogP contribution in [0.1, 0.15) is 40.4 Å². The van der Waals surface area contributed by atoms with Crippen LogP contribution in [0.3, 0.4) is 0 Å².